The molecule has 162 valence electrons. The van der Waals surface area contributed by atoms with Crippen molar-refractivity contribution >= 4 is 68.7 Å². The normalized spacial score (nSPS) is 15.5. The molecule has 32 heavy (non-hydrogen) atoms. The van der Waals surface area contributed by atoms with E-state index in [1.165, 1.54) is 6.08 Å². The van der Waals surface area contributed by atoms with E-state index in [0.717, 1.165) is 20.8 Å². The van der Waals surface area contributed by atoms with Crippen LogP contribution in [0.2, 0.25) is 10.0 Å². The number of hydrogen-bond acceptors (Lipinski definition) is 3. The molecule has 1 saturated heterocycles. The summed E-state index contributed by atoms with van der Waals surface area (Å²) in [7, 11) is 0. The van der Waals surface area contributed by atoms with Crippen LogP contribution < -0.4 is 10.2 Å². The molecule has 3 aromatic rings. The standard InChI is InChI=1S/C23H16BrCl2N3O3/c1-12-9-14(13(2)28(12)20-11-16(25)5-8-19(20)26)10-18-21(30)27-23(32)29(22(18)31)17-6-3-15(24)4-7-17/h3-11H,1-2H3,(H,27,30,32)/b18-10+. The number of carbonyl (C=O) groups excluding carboxylic acids is 3. The zero-order valence-electron chi connectivity index (χ0n) is 16.9. The van der Waals surface area contributed by atoms with E-state index in [1.54, 1.807) is 42.5 Å². The molecule has 1 aliphatic rings. The third-order valence-electron chi connectivity index (χ3n) is 5.11. The van der Waals surface area contributed by atoms with Crippen molar-refractivity contribution in [3.63, 3.8) is 0 Å². The predicted molar refractivity (Wildman–Crippen MR) is 128 cm³/mol. The molecule has 0 spiro atoms. The van der Waals surface area contributed by atoms with Gasteiger partial charge in [0.15, 0.2) is 0 Å². The lowest BCUT2D eigenvalue weighted by Crippen LogP contribution is -2.54. The van der Waals surface area contributed by atoms with Gasteiger partial charge >= 0.3 is 6.03 Å². The van der Waals surface area contributed by atoms with E-state index in [2.05, 4.69) is 21.2 Å². The van der Waals surface area contributed by atoms with E-state index in [4.69, 9.17) is 23.2 Å². The fourth-order valence-corrected chi connectivity index (χ4v) is 4.23. The number of rotatable bonds is 3. The van der Waals surface area contributed by atoms with Crippen molar-refractivity contribution in [3.8, 4) is 5.69 Å². The van der Waals surface area contributed by atoms with Gasteiger partial charge in [-0.1, -0.05) is 39.1 Å². The van der Waals surface area contributed by atoms with E-state index in [9.17, 15) is 14.4 Å². The van der Waals surface area contributed by atoms with Crippen LogP contribution in [0.1, 0.15) is 17.0 Å². The molecule has 0 bridgehead atoms. The van der Waals surface area contributed by atoms with E-state index in [1.807, 2.05) is 24.5 Å². The Morgan fingerprint density at radius 3 is 2.34 bits per heavy atom. The second-order valence-electron chi connectivity index (χ2n) is 7.19. The molecule has 4 rings (SSSR count). The van der Waals surface area contributed by atoms with E-state index >= 15 is 0 Å². The molecule has 1 N–H and O–H groups in total. The van der Waals surface area contributed by atoms with Crippen LogP contribution in [-0.2, 0) is 9.59 Å². The summed E-state index contributed by atoms with van der Waals surface area (Å²) in [5.41, 5.74) is 3.12. The molecule has 1 aliphatic heterocycles. The zero-order chi connectivity index (χ0) is 23.2. The maximum Gasteiger partial charge on any atom is 0.335 e. The van der Waals surface area contributed by atoms with Gasteiger partial charge < -0.3 is 4.57 Å². The monoisotopic (exact) mass is 531 g/mol. The van der Waals surface area contributed by atoms with Crippen molar-refractivity contribution in [1.29, 1.82) is 0 Å². The van der Waals surface area contributed by atoms with Gasteiger partial charge in [0.25, 0.3) is 11.8 Å². The Kier molecular flexibility index (Phi) is 5.99. The minimum absolute atomic E-state index is 0.148. The highest BCUT2D eigenvalue weighted by atomic mass is 79.9. The lowest BCUT2D eigenvalue weighted by molar-refractivity contribution is -0.122. The highest BCUT2D eigenvalue weighted by Crippen LogP contribution is 2.30. The number of halogens is 3. The molecular formula is C23H16BrCl2N3O3. The van der Waals surface area contributed by atoms with Crippen LogP contribution in [0.25, 0.3) is 11.8 Å². The summed E-state index contributed by atoms with van der Waals surface area (Å²) >= 11 is 15.8. The molecule has 9 heteroatoms. The summed E-state index contributed by atoms with van der Waals surface area (Å²) < 4.78 is 2.69. The number of nitrogens with zero attached hydrogens (tertiary/aromatic N) is 2. The second kappa shape index (κ2) is 8.58. The summed E-state index contributed by atoms with van der Waals surface area (Å²) in [4.78, 5) is 39.0. The van der Waals surface area contributed by atoms with Crippen molar-refractivity contribution in [2.45, 2.75) is 13.8 Å². The van der Waals surface area contributed by atoms with E-state index in [-0.39, 0.29) is 5.57 Å². The molecule has 2 heterocycles. The summed E-state index contributed by atoms with van der Waals surface area (Å²) in [5, 5.41) is 3.27. The summed E-state index contributed by atoms with van der Waals surface area (Å²) in [6.45, 7) is 3.73. The molecule has 4 amide bonds. The molecular weight excluding hydrogens is 517 g/mol. The molecule has 6 nitrogen and oxygen atoms in total. The number of nitrogens with one attached hydrogen (secondary N) is 1. The Labute approximate surface area is 202 Å². The molecule has 0 aliphatic carbocycles. The Bertz CT molecular complexity index is 1310. The van der Waals surface area contributed by atoms with Crippen molar-refractivity contribution in [1.82, 2.24) is 9.88 Å². The third kappa shape index (κ3) is 3.99. The highest BCUT2D eigenvalue weighted by molar-refractivity contribution is 9.10. The molecule has 0 atom stereocenters. The summed E-state index contributed by atoms with van der Waals surface area (Å²) in [5.74, 6) is -1.45. The van der Waals surface area contributed by atoms with Gasteiger partial charge in [0.2, 0.25) is 0 Å². The first kappa shape index (κ1) is 22.3. The van der Waals surface area contributed by atoms with Gasteiger partial charge in [0, 0.05) is 20.9 Å². The molecule has 0 saturated carbocycles. The number of benzene rings is 2. The van der Waals surface area contributed by atoms with Crippen LogP contribution in [0.3, 0.4) is 0 Å². The van der Waals surface area contributed by atoms with Gasteiger partial charge in [0.1, 0.15) is 5.57 Å². The molecule has 1 aromatic heterocycles. The predicted octanol–water partition coefficient (Wildman–Crippen LogP) is 5.83. The smallest absolute Gasteiger partial charge is 0.316 e. The van der Waals surface area contributed by atoms with E-state index in [0.29, 0.717) is 27.0 Å². The maximum atomic E-state index is 13.1. The topological polar surface area (TPSA) is 71.4 Å². The first-order valence-corrected chi connectivity index (χ1v) is 11.0. The number of barbiturate groups is 1. The minimum Gasteiger partial charge on any atom is -0.316 e. The van der Waals surface area contributed by atoms with Crippen LogP contribution >= 0.6 is 39.1 Å². The Hall–Kier alpha value is -2.87. The number of aryl methyl sites for hydroxylation is 1. The average Bonchev–Trinajstić information content (AvgIpc) is 3.01. The SMILES string of the molecule is Cc1cc(/C=C2\C(=O)NC(=O)N(c3ccc(Br)cc3)C2=O)c(C)n1-c1cc(Cl)ccc1Cl. The number of aromatic nitrogens is 1. The largest absolute Gasteiger partial charge is 0.335 e. The van der Waals surface area contributed by atoms with Crippen LogP contribution in [0.5, 0.6) is 0 Å². The van der Waals surface area contributed by atoms with Crippen molar-refractivity contribution in [2.75, 3.05) is 4.90 Å². The Balaban J connectivity index is 1.78. The van der Waals surface area contributed by atoms with Gasteiger partial charge in [0.05, 0.1) is 16.4 Å². The minimum atomic E-state index is -0.796. The fraction of sp³-hybridized carbons (Fsp3) is 0.0870. The van der Waals surface area contributed by atoms with Gasteiger partial charge in [-0.15, -0.1) is 0 Å². The second-order valence-corrected chi connectivity index (χ2v) is 8.95. The van der Waals surface area contributed by atoms with Crippen molar-refractivity contribution in [2.24, 2.45) is 0 Å². The number of amides is 4. The van der Waals surface area contributed by atoms with Crippen LogP contribution in [0.15, 0.2) is 58.6 Å². The van der Waals surface area contributed by atoms with Crippen LogP contribution in [0.4, 0.5) is 10.5 Å². The number of anilines is 1. The third-order valence-corrected chi connectivity index (χ3v) is 6.19. The maximum absolute atomic E-state index is 13.1. The number of carbonyl (C=O) groups is 3. The van der Waals surface area contributed by atoms with Gasteiger partial charge in [-0.3, -0.25) is 14.9 Å². The average molecular weight is 533 g/mol. The molecule has 1 fully saturated rings. The lowest BCUT2D eigenvalue weighted by atomic mass is 10.1. The molecule has 0 unspecified atom stereocenters. The molecule has 0 radical (unpaired) electrons. The quantitative estimate of drug-likeness (QED) is 0.341. The van der Waals surface area contributed by atoms with Crippen LogP contribution in [0, 0.1) is 13.8 Å². The van der Waals surface area contributed by atoms with Crippen molar-refractivity contribution in [3.05, 3.63) is 85.6 Å². The zero-order valence-corrected chi connectivity index (χ0v) is 20.0. The molecule has 2 aromatic carbocycles. The fourth-order valence-electron chi connectivity index (χ4n) is 3.60. The van der Waals surface area contributed by atoms with Gasteiger partial charge in [-0.2, -0.15) is 0 Å². The number of urea groups is 1. The van der Waals surface area contributed by atoms with Crippen LogP contribution in [-0.4, -0.2) is 22.4 Å². The summed E-state index contributed by atoms with van der Waals surface area (Å²) in [6, 6.07) is 12.8. The van der Waals surface area contributed by atoms with Gasteiger partial charge in [-0.25, -0.2) is 9.69 Å². The number of imide groups is 2. The first-order valence-electron chi connectivity index (χ1n) is 9.49. The van der Waals surface area contributed by atoms with Gasteiger partial charge in [-0.05, 0) is 74.0 Å². The lowest BCUT2D eigenvalue weighted by Gasteiger charge is -2.26. The van der Waals surface area contributed by atoms with Crippen molar-refractivity contribution < 1.29 is 14.4 Å². The first-order chi connectivity index (χ1) is 15.2. The Morgan fingerprint density at radius 2 is 1.66 bits per heavy atom. The Morgan fingerprint density at radius 1 is 0.969 bits per heavy atom. The summed E-state index contributed by atoms with van der Waals surface area (Å²) in [6.07, 6.45) is 1.48. The highest BCUT2D eigenvalue weighted by Gasteiger charge is 2.37. The van der Waals surface area contributed by atoms with E-state index < -0.39 is 17.8 Å². The number of hydrogen-bond donors (Lipinski definition) is 1.